The topological polar surface area (TPSA) is 24.5 Å². The first-order valence-corrected chi connectivity index (χ1v) is 7.06. The molecule has 1 aliphatic heterocycles. The van der Waals surface area contributed by atoms with Crippen molar-refractivity contribution in [1.82, 2.24) is 5.32 Å². The quantitative estimate of drug-likeness (QED) is 0.887. The summed E-state index contributed by atoms with van der Waals surface area (Å²) in [4.78, 5) is 2.48. The molecule has 1 aromatic carbocycles. The Morgan fingerprint density at radius 3 is 2.68 bits per heavy atom. The van der Waals surface area contributed by atoms with E-state index in [1.54, 1.807) is 7.11 Å². The van der Waals surface area contributed by atoms with Crippen LogP contribution >= 0.6 is 0 Å². The highest BCUT2D eigenvalue weighted by Gasteiger charge is 2.32. The van der Waals surface area contributed by atoms with Crippen LogP contribution in [0.5, 0.6) is 5.75 Å². The predicted octanol–water partition coefficient (Wildman–Crippen LogP) is 2.91. The Labute approximate surface area is 116 Å². The molecule has 0 aliphatic carbocycles. The van der Waals surface area contributed by atoms with E-state index >= 15 is 0 Å². The molecule has 1 saturated heterocycles. The SMILES string of the molecule is COc1cccc(N2CC(C(C)(C)C)NCC2C)c1. The molecule has 1 heterocycles. The molecule has 0 amide bonds. The molecule has 0 radical (unpaired) electrons. The maximum Gasteiger partial charge on any atom is 0.120 e. The molecule has 19 heavy (non-hydrogen) atoms. The van der Waals surface area contributed by atoms with Gasteiger partial charge in [-0.2, -0.15) is 0 Å². The van der Waals surface area contributed by atoms with Crippen molar-refractivity contribution < 1.29 is 4.74 Å². The van der Waals surface area contributed by atoms with Crippen LogP contribution in [0.25, 0.3) is 0 Å². The minimum atomic E-state index is 0.275. The van der Waals surface area contributed by atoms with Gasteiger partial charge in [-0.25, -0.2) is 0 Å². The molecule has 0 spiro atoms. The average molecular weight is 262 g/mol. The van der Waals surface area contributed by atoms with Crippen LogP contribution in [0, 0.1) is 5.41 Å². The van der Waals surface area contributed by atoms with Crippen molar-refractivity contribution in [2.75, 3.05) is 25.1 Å². The second-order valence-electron chi connectivity index (χ2n) is 6.53. The summed E-state index contributed by atoms with van der Waals surface area (Å²) in [5, 5.41) is 3.66. The smallest absolute Gasteiger partial charge is 0.120 e. The van der Waals surface area contributed by atoms with Gasteiger partial charge in [0.05, 0.1) is 7.11 Å². The van der Waals surface area contributed by atoms with E-state index in [1.165, 1.54) is 5.69 Å². The molecule has 1 aliphatic rings. The molecule has 1 N–H and O–H groups in total. The van der Waals surface area contributed by atoms with E-state index in [-0.39, 0.29) is 5.41 Å². The van der Waals surface area contributed by atoms with Crippen molar-refractivity contribution in [3.8, 4) is 5.75 Å². The average Bonchev–Trinajstić information content (AvgIpc) is 2.38. The van der Waals surface area contributed by atoms with E-state index in [1.807, 2.05) is 6.07 Å². The number of nitrogens with one attached hydrogen (secondary N) is 1. The van der Waals surface area contributed by atoms with Crippen molar-refractivity contribution in [3.05, 3.63) is 24.3 Å². The highest BCUT2D eigenvalue weighted by Crippen LogP contribution is 2.28. The van der Waals surface area contributed by atoms with Crippen molar-refractivity contribution in [2.45, 2.75) is 39.8 Å². The Morgan fingerprint density at radius 1 is 1.32 bits per heavy atom. The number of methoxy groups -OCH3 is 1. The van der Waals surface area contributed by atoms with Crippen molar-refractivity contribution in [3.63, 3.8) is 0 Å². The lowest BCUT2D eigenvalue weighted by Gasteiger charge is -2.45. The first-order valence-electron chi connectivity index (χ1n) is 7.06. The van der Waals surface area contributed by atoms with E-state index in [2.05, 4.69) is 56.1 Å². The van der Waals surface area contributed by atoms with Crippen LogP contribution in [0.3, 0.4) is 0 Å². The van der Waals surface area contributed by atoms with Crippen LogP contribution in [0.15, 0.2) is 24.3 Å². The fourth-order valence-corrected chi connectivity index (χ4v) is 2.59. The van der Waals surface area contributed by atoms with Crippen LogP contribution < -0.4 is 15.0 Å². The van der Waals surface area contributed by atoms with Gasteiger partial charge in [0.15, 0.2) is 0 Å². The molecule has 2 rings (SSSR count). The number of piperazine rings is 1. The molecule has 0 aromatic heterocycles. The summed E-state index contributed by atoms with van der Waals surface area (Å²) >= 11 is 0. The van der Waals surface area contributed by atoms with Gasteiger partial charge in [-0.3, -0.25) is 0 Å². The zero-order valence-electron chi connectivity index (χ0n) is 12.7. The summed E-state index contributed by atoms with van der Waals surface area (Å²) in [7, 11) is 1.72. The van der Waals surface area contributed by atoms with Crippen LogP contribution in [0.1, 0.15) is 27.7 Å². The number of ether oxygens (including phenoxy) is 1. The lowest BCUT2D eigenvalue weighted by Crippen LogP contribution is -2.59. The molecule has 2 atom stereocenters. The second-order valence-corrected chi connectivity index (χ2v) is 6.53. The summed E-state index contributed by atoms with van der Waals surface area (Å²) < 4.78 is 5.33. The first kappa shape index (κ1) is 14.2. The van der Waals surface area contributed by atoms with E-state index in [0.717, 1.165) is 18.8 Å². The van der Waals surface area contributed by atoms with E-state index in [9.17, 15) is 0 Å². The molecule has 3 heteroatoms. The maximum atomic E-state index is 5.33. The van der Waals surface area contributed by atoms with Gasteiger partial charge in [0.1, 0.15) is 5.75 Å². The molecule has 3 nitrogen and oxygen atoms in total. The Kier molecular flexibility index (Phi) is 4.04. The normalized spacial score (nSPS) is 24.4. The van der Waals surface area contributed by atoms with Crippen LogP contribution in [-0.2, 0) is 0 Å². The highest BCUT2D eigenvalue weighted by molar-refractivity contribution is 5.52. The maximum absolute atomic E-state index is 5.33. The van der Waals surface area contributed by atoms with Gasteiger partial charge in [-0.05, 0) is 24.5 Å². The number of benzene rings is 1. The summed E-state index contributed by atoms with van der Waals surface area (Å²) in [5.74, 6) is 0.926. The van der Waals surface area contributed by atoms with Crippen LogP contribution in [0.4, 0.5) is 5.69 Å². The Bertz CT molecular complexity index is 425. The number of nitrogens with zero attached hydrogens (tertiary/aromatic N) is 1. The summed E-state index contributed by atoms with van der Waals surface area (Å²) in [6.45, 7) is 11.2. The Morgan fingerprint density at radius 2 is 2.05 bits per heavy atom. The molecular weight excluding hydrogens is 236 g/mol. The third kappa shape index (κ3) is 3.21. The summed E-state index contributed by atoms with van der Waals surface area (Å²) in [6, 6.07) is 9.37. The Hall–Kier alpha value is -1.22. The Balaban J connectivity index is 2.21. The third-order valence-corrected chi connectivity index (χ3v) is 4.00. The van der Waals surface area contributed by atoms with E-state index in [0.29, 0.717) is 12.1 Å². The molecule has 0 bridgehead atoms. The van der Waals surface area contributed by atoms with Crippen molar-refractivity contribution in [1.29, 1.82) is 0 Å². The van der Waals surface area contributed by atoms with E-state index < -0.39 is 0 Å². The fourth-order valence-electron chi connectivity index (χ4n) is 2.59. The molecule has 1 fully saturated rings. The van der Waals surface area contributed by atoms with Crippen molar-refractivity contribution in [2.24, 2.45) is 5.41 Å². The fraction of sp³-hybridized carbons (Fsp3) is 0.625. The highest BCUT2D eigenvalue weighted by atomic mass is 16.5. The van der Waals surface area contributed by atoms with Gasteiger partial charge in [0.2, 0.25) is 0 Å². The molecule has 2 unspecified atom stereocenters. The number of hydrogen-bond donors (Lipinski definition) is 1. The molecule has 106 valence electrons. The van der Waals surface area contributed by atoms with Crippen molar-refractivity contribution >= 4 is 5.69 Å². The number of hydrogen-bond acceptors (Lipinski definition) is 3. The lowest BCUT2D eigenvalue weighted by atomic mass is 9.84. The number of rotatable bonds is 2. The largest absolute Gasteiger partial charge is 0.497 e. The molecule has 1 aromatic rings. The van der Waals surface area contributed by atoms with Crippen LogP contribution in [0.2, 0.25) is 0 Å². The van der Waals surface area contributed by atoms with Gasteiger partial charge in [0.25, 0.3) is 0 Å². The van der Waals surface area contributed by atoms with Crippen LogP contribution in [-0.4, -0.2) is 32.3 Å². The number of anilines is 1. The lowest BCUT2D eigenvalue weighted by molar-refractivity contribution is 0.239. The third-order valence-electron chi connectivity index (χ3n) is 4.00. The van der Waals surface area contributed by atoms with Gasteiger partial charge >= 0.3 is 0 Å². The standard InChI is InChI=1S/C16H26N2O/c1-12-10-17-15(16(2,3)4)11-18(12)13-7-6-8-14(9-13)19-5/h6-9,12,15,17H,10-11H2,1-5H3. The molecule has 0 saturated carbocycles. The van der Waals surface area contributed by atoms with E-state index in [4.69, 9.17) is 4.74 Å². The second kappa shape index (κ2) is 5.41. The van der Waals surface area contributed by atoms with Gasteiger partial charge in [-0.15, -0.1) is 0 Å². The van der Waals surface area contributed by atoms with Gasteiger partial charge in [0, 0.05) is 36.9 Å². The summed E-state index contributed by atoms with van der Waals surface area (Å²) in [6.07, 6.45) is 0. The summed E-state index contributed by atoms with van der Waals surface area (Å²) in [5.41, 5.74) is 1.53. The predicted molar refractivity (Wildman–Crippen MR) is 81.0 cm³/mol. The van der Waals surface area contributed by atoms with Gasteiger partial charge in [-0.1, -0.05) is 26.8 Å². The molecular formula is C16H26N2O. The zero-order chi connectivity index (χ0) is 14.0. The minimum Gasteiger partial charge on any atom is -0.497 e. The minimum absolute atomic E-state index is 0.275. The van der Waals surface area contributed by atoms with Gasteiger partial charge < -0.3 is 15.0 Å². The first-order chi connectivity index (χ1) is 8.91. The monoisotopic (exact) mass is 262 g/mol. The zero-order valence-corrected chi connectivity index (χ0v) is 12.7.